The molecule has 1 fully saturated rings. The third kappa shape index (κ3) is 5.88. The molecule has 0 aliphatic carbocycles. The fraction of sp³-hybridized carbons (Fsp3) is 0.600. The fourth-order valence-corrected chi connectivity index (χ4v) is 3.12. The molecule has 0 radical (unpaired) electrons. The van der Waals surface area contributed by atoms with E-state index in [1.165, 1.54) is 12.0 Å². The molecule has 0 N–H and O–H groups in total. The SMILES string of the molecule is CC(C)(C)OC(=O)N1CCC(CCCc2cccc(C#N)c2)CC1. The number of piperidine rings is 1. The molecule has 4 nitrogen and oxygen atoms in total. The Balaban J connectivity index is 1.70. The first-order valence-corrected chi connectivity index (χ1v) is 8.84. The molecule has 0 bridgehead atoms. The summed E-state index contributed by atoms with van der Waals surface area (Å²) >= 11 is 0. The van der Waals surface area contributed by atoms with Gasteiger partial charge in [-0.05, 0) is 76.5 Å². The molecular weight excluding hydrogens is 300 g/mol. The minimum absolute atomic E-state index is 0.186. The van der Waals surface area contributed by atoms with Crippen LogP contribution in [0.15, 0.2) is 24.3 Å². The van der Waals surface area contributed by atoms with E-state index in [2.05, 4.69) is 12.1 Å². The van der Waals surface area contributed by atoms with Gasteiger partial charge >= 0.3 is 6.09 Å². The Morgan fingerprint density at radius 3 is 2.67 bits per heavy atom. The highest BCUT2D eigenvalue weighted by Gasteiger charge is 2.26. The van der Waals surface area contributed by atoms with Crippen LogP contribution in [0.1, 0.15) is 57.6 Å². The normalized spacial score (nSPS) is 15.8. The van der Waals surface area contributed by atoms with Gasteiger partial charge in [0.1, 0.15) is 5.60 Å². The van der Waals surface area contributed by atoms with E-state index in [4.69, 9.17) is 10.00 Å². The highest BCUT2D eigenvalue weighted by Crippen LogP contribution is 2.24. The molecule has 24 heavy (non-hydrogen) atoms. The number of aryl methyl sites for hydroxylation is 1. The van der Waals surface area contributed by atoms with Crippen molar-refractivity contribution >= 4 is 6.09 Å². The van der Waals surface area contributed by atoms with Gasteiger partial charge in [-0.2, -0.15) is 5.26 Å². The first-order chi connectivity index (χ1) is 11.4. The van der Waals surface area contributed by atoms with Crippen LogP contribution in [0.2, 0.25) is 0 Å². The van der Waals surface area contributed by atoms with Crippen LogP contribution >= 0.6 is 0 Å². The van der Waals surface area contributed by atoms with Gasteiger partial charge in [0, 0.05) is 13.1 Å². The molecule has 0 atom stereocenters. The molecule has 1 heterocycles. The van der Waals surface area contributed by atoms with Gasteiger partial charge in [-0.25, -0.2) is 4.79 Å². The van der Waals surface area contributed by atoms with Gasteiger partial charge in [0.25, 0.3) is 0 Å². The molecule has 1 aliphatic rings. The van der Waals surface area contributed by atoms with E-state index in [0.29, 0.717) is 5.92 Å². The minimum atomic E-state index is -0.425. The van der Waals surface area contributed by atoms with E-state index < -0.39 is 5.60 Å². The standard InChI is InChI=1S/C20H28N2O2/c1-20(2,3)24-19(23)22-12-10-16(11-13-22)6-4-7-17-8-5-9-18(14-17)15-21/h5,8-9,14,16H,4,6-7,10-13H2,1-3H3. The summed E-state index contributed by atoms with van der Waals surface area (Å²) in [4.78, 5) is 13.9. The van der Waals surface area contributed by atoms with E-state index in [1.54, 1.807) is 0 Å². The van der Waals surface area contributed by atoms with Crippen molar-refractivity contribution in [2.45, 2.75) is 58.5 Å². The van der Waals surface area contributed by atoms with Gasteiger partial charge in [0.15, 0.2) is 0 Å². The lowest BCUT2D eigenvalue weighted by molar-refractivity contribution is 0.0180. The quantitative estimate of drug-likeness (QED) is 0.816. The number of carbonyl (C=O) groups excluding carboxylic acids is 1. The number of carbonyl (C=O) groups is 1. The van der Waals surface area contributed by atoms with E-state index in [1.807, 2.05) is 43.9 Å². The van der Waals surface area contributed by atoms with E-state index >= 15 is 0 Å². The third-order valence-electron chi connectivity index (χ3n) is 4.40. The second kappa shape index (κ2) is 8.19. The van der Waals surface area contributed by atoms with Gasteiger partial charge in [-0.15, -0.1) is 0 Å². The minimum Gasteiger partial charge on any atom is -0.444 e. The maximum absolute atomic E-state index is 12.1. The Hall–Kier alpha value is -2.02. The number of hydrogen-bond acceptors (Lipinski definition) is 3. The Bertz CT molecular complexity index is 590. The zero-order valence-corrected chi connectivity index (χ0v) is 15.0. The van der Waals surface area contributed by atoms with E-state index in [0.717, 1.165) is 44.3 Å². The molecule has 1 aliphatic heterocycles. The predicted octanol–water partition coefficient (Wildman–Crippen LogP) is 4.53. The number of ether oxygens (including phenoxy) is 1. The van der Waals surface area contributed by atoms with Gasteiger partial charge in [-0.3, -0.25) is 0 Å². The molecule has 1 saturated heterocycles. The second-order valence-corrected chi connectivity index (χ2v) is 7.62. The van der Waals surface area contributed by atoms with Crippen LogP contribution in [-0.4, -0.2) is 29.7 Å². The molecule has 0 saturated carbocycles. The lowest BCUT2D eigenvalue weighted by atomic mass is 9.91. The zero-order chi connectivity index (χ0) is 17.6. The summed E-state index contributed by atoms with van der Waals surface area (Å²) in [5.74, 6) is 0.683. The topological polar surface area (TPSA) is 53.3 Å². The second-order valence-electron chi connectivity index (χ2n) is 7.62. The molecule has 1 aromatic rings. The van der Waals surface area contributed by atoms with Crippen molar-refractivity contribution in [2.24, 2.45) is 5.92 Å². The van der Waals surface area contributed by atoms with Crippen LogP contribution in [0.5, 0.6) is 0 Å². The molecule has 0 unspecified atom stereocenters. The molecule has 4 heteroatoms. The smallest absolute Gasteiger partial charge is 0.410 e. The summed E-state index contributed by atoms with van der Waals surface area (Å²) in [6.07, 6.45) is 5.25. The van der Waals surface area contributed by atoms with Crippen molar-refractivity contribution in [3.8, 4) is 6.07 Å². The van der Waals surface area contributed by atoms with Crippen LogP contribution < -0.4 is 0 Å². The number of nitriles is 1. The van der Waals surface area contributed by atoms with Crippen LogP contribution in [0.4, 0.5) is 4.79 Å². The molecule has 2 rings (SSSR count). The van der Waals surface area contributed by atoms with Crippen LogP contribution in [0.25, 0.3) is 0 Å². The average molecular weight is 328 g/mol. The Morgan fingerprint density at radius 1 is 1.33 bits per heavy atom. The van der Waals surface area contributed by atoms with Crippen molar-refractivity contribution in [1.29, 1.82) is 5.26 Å². The first-order valence-electron chi connectivity index (χ1n) is 8.84. The number of nitrogens with zero attached hydrogens (tertiary/aromatic N) is 2. The molecule has 0 aromatic heterocycles. The van der Waals surface area contributed by atoms with Crippen molar-refractivity contribution in [1.82, 2.24) is 4.90 Å². The summed E-state index contributed by atoms with van der Waals surface area (Å²) in [5, 5.41) is 8.94. The molecule has 130 valence electrons. The van der Waals surface area contributed by atoms with Gasteiger partial charge in [0.05, 0.1) is 11.6 Å². The van der Waals surface area contributed by atoms with Crippen LogP contribution in [-0.2, 0) is 11.2 Å². The highest BCUT2D eigenvalue weighted by molar-refractivity contribution is 5.68. The number of hydrogen-bond donors (Lipinski definition) is 0. The van der Waals surface area contributed by atoms with Crippen molar-refractivity contribution in [3.05, 3.63) is 35.4 Å². The Kier molecular flexibility index (Phi) is 6.25. The van der Waals surface area contributed by atoms with Crippen LogP contribution in [0, 0.1) is 17.2 Å². The number of benzene rings is 1. The van der Waals surface area contributed by atoms with E-state index in [-0.39, 0.29) is 6.09 Å². The third-order valence-corrected chi connectivity index (χ3v) is 4.40. The predicted molar refractivity (Wildman–Crippen MR) is 94.6 cm³/mol. The first kappa shape index (κ1) is 18.3. The molecule has 1 aromatic carbocycles. The zero-order valence-electron chi connectivity index (χ0n) is 15.0. The highest BCUT2D eigenvalue weighted by atomic mass is 16.6. The number of likely N-dealkylation sites (tertiary alicyclic amines) is 1. The number of amides is 1. The van der Waals surface area contributed by atoms with E-state index in [9.17, 15) is 4.79 Å². The summed E-state index contributed by atoms with van der Waals surface area (Å²) in [7, 11) is 0. The van der Waals surface area contributed by atoms with Crippen LogP contribution in [0.3, 0.4) is 0 Å². The van der Waals surface area contributed by atoms with Gasteiger partial charge in [0.2, 0.25) is 0 Å². The maximum Gasteiger partial charge on any atom is 0.410 e. The van der Waals surface area contributed by atoms with Gasteiger partial charge in [-0.1, -0.05) is 12.1 Å². The Morgan fingerprint density at radius 2 is 2.04 bits per heavy atom. The largest absolute Gasteiger partial charge is 0.444 e. The monoisotopic (exact) mass is 328 g/mol. The maximum atomic E-state index is 12.1. The van der Waals surface area contributed by atoms with Crippen molar-refractivity contribution in [2.75, 3.05) is 13.1 Å². The molecule has 1 amide bonds. The summed E-state index contributed by atoms with van der Waals surface area (Å²) in [6, 6.07) is 10.1. The average Bonchev–Trinajstić information content (AvgIpc) is 2.54. The fourth-order valence-electron chi connectivity index (χ4n) is 3.12. The van der Waals surface area contributed by atoms with Crippen molar-refractivity contribution in [3.63, 3.8) is 0 Å². The summed E-state index contributed by atoms with van der Waals surface area (Å²) < 4.78 is 5.43. The number of rotatable bonds is 4. The molecule has 0 spiro atoms. The summed E-state index contributed by atoms with van der Waals surface area (Å²) in [6.45, 7) is 7.30. The lowest BCUT2D eigenvalue weighted by Crippen LogP contribution is -2.41. The Labute approximate surface area is 145 Å². The summed E-state index contributed by atoms with van der Waals surface area (Å²) in [5.41, 5.74) is 1.55. The van der Waals surface area contributed by atoms with Gasteiger partial charge < -0.3 is 9.64 Å². The lowest BCUT2D eigenvalue weighted by Gasteiger charge is -2.33. The molecular formula is C20H28N2O2. The van der Waals surface area contributed by atoms with Crippen molar-refractivity contribution < 1.29 is 9.53 Å².